The quantitative estimate of drug-likeness (QED) is 0.460. The number of carbonyl (C=O) groups excluding carboxylic acids is 1. The van der Waals surface area contributed by atoms with Gasteiger partial charge in [-0.1, -0.05) is 44.1 Å². The Hall–Kier alpha value is -0.850. The monoisotopic (exact) mass is 382 g/mol. The minimum atomic E-state index is 0.271. The van der Waals surface area contributed by atoms with Crippen molar-refractivity contribution >= 4 is 5.78 Å². The molecule has 0 aromatic carbocycles. The molecule has 3 fully saturated rings. The predicted octanol–water partition coefficient (Wildman–Crippen LogP) is 7.52. The van der Waals surface area contributed by atoms with Gasteiger partial charge in [0, 0.05) is 12.3 Å². The van der Waals surface area contributed by atoms with Crippen molar-refractivity contribution in [3.05, 3.63) is 23.3 Å². The summed E-state index contributed by atoms with van der Waals surface area (Å²) in [5.74, 6) is 4.24. The van der Waals surface area contributed by atoms with Gasteiger partial charge in [0.2, 0.25) is 0 Å². The molecule has 0 N–H and O–H groups in total. The highest BCUT2D eigenvalue weighted by molar-refractivity contribution is 5.82. The Morgan fingerprint density at radius 3 is 2.64 bits per heavy atom. The highest BCUT2D eigenvalue weighted by atomic mass is 16.1. The molecular weight excluding hydrogens is 340 g/mol. The van der Waals surface area contributed by atoms with E-state index < -0.39 is 0 Å². The first-order chi connectivity index (χ1) is 13.3. The second kappa shape index (κ2) is 7.44. The Balaban J connectivity index is 1.52. The number of ketones is 1. The first-order valence-corrected chi connectivity index (χ1v) is 12.1. The van der Waals surface area contributed by atoms with Crippen LogP contribution in [0.3, 0.4) is 0 Å². The highest BCUT2D eigenvalue weighted by Crippen LogP contribution is 2.66. The van der Waals surface area contributed by atoms with Crippen LogP contribution in [0.1, 0.15) is 98.8 Å². The third kappa shape index (κ3) is 3.25. The molecule has 0 aromatic rings. The molecule has 4 aliphatic rings. The number of rotatable bonds is 4. The smallest absolute Gasteiger partial charge is 0.136 e. The molecule has 28 heavy (non-hydrogen) atoms. The van der Waals surface area contributed by atoms with Crippen molar-refractivity contribution in [1.82, 2.24) is 0 Å². The van der Waals surface area contributed by atoms with Crippen LogP contribution in [0.5, 0.6) is 0 Å². The second-order valence-corrected chi connectivity index (χ2v) is 11.6. The molecule has 4 rings (SSSR count). The van der Waals surface area contributed by atoms with Gasteiger partial charge >= 0.3 is 0 Å². The Bertz CT molecular complexity index is 680. The predicted molar refractivity (Wildman–Crippen MR) is 118 cm³/mol. The van der Waals surface area contributed by atoms with Crippen molar-refractivity contribution in [3.8, 4) is 0 Å². The molecular formula is C27H42O. The van der Waals surface area contributed by atoms with Crippen LogP contribution in [0, 0.1) is 40.4 Å². The van der Waals surface area contributed by atoms with Crippen LogP contribution in [0.25, 0.3) is 0 Å². The van der Waals surface area contributed by atoms with Gasteiger partial charge < -0.3 is 0 Å². The van der Waals surface area contributed by atoms with E-state index in [1.54, 1.807) is 5.57 Å². The van der Waals surface area contributed by atoms with E-state index in [4.69, 9.17) is 0 Å². The third-order valence-electron chi connectivity index (χ3n) is 9.68. The van der Waals surface area contributed by atoms with Gasteiger partial charge in [0.25, 0.3) is 0 Å². The Labute approximate surface area is 173 Å². The second-order valence-electron chi connectivity index (χ2n) is 11.6. The largest absolute Gasteiger partial charge is 0.299 e. The summed E-state index contributed by atoms with van der Waals surface area (Å²) in [6, 6.07) is 0. The molecule has 0 radical (unpaired) electrons. The maximum absolute atomic E-state index is 13.1. The molecule has 0 spiro atoms. The molecule has 0 aromatic heterocycles. The van der Waals surface area contributed by atoms with Gasteiger partial charge in [-0.2, -0.15) is 0 Å². The molecule has 7 atom stereocenters. The van der Waals surface area contributed by atoms with E-state index in [0.29, 0.717) is 17.1 Å². The molecule has 0 aliphatic heterocycles. The van der Waals surface area contributed by atoms with Gasteiger partial charge in [-0.3, -0.25) is 4.79 Å². The maximum Gasteiger partial charge on any atom is 0.136 e. The van der Waals surface area contributed by atoms with Crippen LogP contribution in [-0.2, 0) is 4.79 Å². The lowest BCUT2D eigenvalue weighted by molar-refractivity contribution is -0.129. The summed E-state index contributed by atoms with van der Waals surface area (Å²) >= 11 is 0. The lowest BCUT2D eigenvalue weighted by atomic mass is 9.47. The van der Waals surface area contributed by atoms with Gasteiger partial charge in [-0.05, 0) is 106 Å². The summed E-state index contributed by atoms with van der Waals surface area (Å²) < 4.78 is 0. The summed E-state index contributed by atoms with van der Waals surface area (Å²) in [5, 5.41) is 0. The van der Waals surface area contributed by atoms with Crippen molar-refractivity contribution in [3.63, 3.8) is 0 Å². The molecule has 0 bridgehead atoms. The molecule has 0 amide bonds. The lowest BCUT2D eigenvalue weighted by Crippen LogP contribution is -2.50. The standard InChI is InChI=1S/C27H42O/c1-18(2)7-6-8-25(28)24-12-11-22-21-10-9-20-17-19(3)13-15-26(20,4)23(21)14-16-27(22,24)5/h7,9,19,21-24H,6,8,10-17H2,1-5H3/t19-,21?,22?,23?,24?,26-,27-/m0/s1. The molecule has 4 unspecified atom stereocenters. The fraction of sp³-hybridized carbons (Fsp3) is 0.815. The maximum atomic E-state index is 13.1. The van der Waals surface area contributed by atoms with Crippen molar-refractivity contribution in [2.75, 3.05) is 0 Å². The SMILES string of the molecule is CC(C)=CCCC(=O)C1CCC2C3CC=C4C[C@@H](C)CC[C@]4(C)C3CC[C@]12C. The zero-order valence-electron chi connectivity index (χ0n) is 19.0. The number of hydrogen-bond acceptors (Lipinski definition) is 1. The average molecular weight is 383 g/mol. The van der Waals surface area contributed by atoms with Gasteiger partial charge in [0.05, 0.1) is 0 Å². The summed E-state index contributed by atoms with van der Waals surface area (Å²) in [7, 11) is 0. The minimum absolute atomic E-state index is 0.271. The number of hydrogen-bond donors (Lipinski definition) is 0. The molecule has 1 heteroatoms. The number of Topliss-reactive ketones (excluding diaryl/α,β-unsaturated/α-hetero) is 1. The molecule has 0 heterocycles. The fourth-order valence-electron chi connectivity index (χ4n) is 8.05. The Kier molecular flexibility index (Phi) is 5.43. The van der Waals surface area contributed by atoms with Gasteiger partial charge in [0.15, 0.2) is 0 Å². The van der Waals surface area contributed by atoms with Crippen molar-refractivity contribution in [1.29, 1.82) is 0 Å². The van der Waals surface area contributed by atoms with Crippen LogP contribution >= 0.6 is 0 Å². The van der Waals surface area contributed by atoms with Gasteiger partial charge in [-0.25, -0.2) is 0 Å². The number of allylic oxidation sites excluding steroid dienone is 4. The summed E-state index contributed by atoms with van der Waals surface area (Å²) in [5.41, 5.74) is 3.86. The van der Waals surface area contributed by atoms with E-state index in [1.807, 2.05) is 0 Å². The fourth-order valence-corrected chi connectivity index (χ4v) is 8.05. The molecule has 156 valence electrons. The summed E-state index contributed by atoms with van der Waals surface area (Å²) in [4.78, 5) is 13.1. The summed E-state index contributed by atoms with van der Waals surface area (Å²) in [6.45, 7) is 11.8. The Morgan fingerprint density at radius 1 is 1.11 bits per heavy atom. The molecule has 0 saturated heterocycles. The first-order valence-electron chi connectivity index (χ1n) is 12.1. The van der Waals surface area contributed by atoms with Gasteiger partial charge in [-0.15, -0.1) is 0 Å². The van der Waals surface area contributed by atoms with Crippen LogP contribution in [0.4, 0.5) is 0 Å². The van der Waals surface area contributed by atoms with E-state index in [9.17, 15) is 4.79 Å². The normalized spacial score (nSPS) is 44.8. The number of fused-ring (bicyclic) bond motifs is 5. The van der Waals surface area contributed by atoms with Crippen molar-refractivity contribution in [2.45, 2.75) is 98.8 Å². The van der Waals surface area contributed by atoms with Gasteiger partial charge in [0.1, 0.15) is 5.78 Å². The average Bonchev–Trinajstić information content (AvgIpc) is 2.99. The minimum Gasteiger partial charge on any atom is -0.299 e. The first kappa shape index (κ1) is 20.4. The molecule has 4 aliphatic carbocycles. The Morgan fingerprint density at radius 2 is 1.89 bits per heavy atom. The number of carbonyl (C=O) groups is 1. The van der Waals surface area contributed by atoms with E-state index in [1.165, 1.54) is 50.5 Å². The van der Waals surface area contributed by atoms with E-state index in [0.717, 1.165) is 42.9 Å². The van der Waals surface area contributed by atoms with Crippen LogP contribution in [0.15, 0.2) is 23.3 Å². The van der Waals surface area contributed by atoms with Crippen LogP contribution in [-0.4, -0.2) is 5.78 Å². The van der Waals surface area contributed by atoms with Crippen molar-refractivity contribution < 1.29 is 4.79 Å². The zero-order valence-corrected chi connectivity index (χ0v) is 19.0. The van der Waals surface area contributed by atoms with E-state index >= 15 is 0 Å². The van der Waals surface area contributed by atoms with Crippen LogP contribution in [0.2, 0.25) is 0 Å². The topological polar surface area (TPSA) is 17.1 Å². The van der Waals surface area contributed by atoms with Crippen LogP contribution < -0.4 is 0 Å². The van der Waals surface area contributed by atoms with E-state index in [-0.39, 0.29) is 5.41 Å². The highest BCUT2D eigenvalue weighted by Gasteiger charge is 2.59. The molecule has 1 nitrogen and oxygen atoms in total. The van der Waals surface area contributed by atoms with E-state index in [2.05, 4.69) is 46.8 Å². The third-order valence-corrected chi connectivity index (χ3v) is 9.68. The zero-order chi connectivity index (χ0) is 20.1. The van der Waals surface area contributed by atoms with Crippen molar-refractivity contribution in [2.24, 2.45) is 40.4 Å². The lowest BCUT2D eigenvalue weighted by Gasteiger charge is -2.58. The summed E-state index contributed by atoms with van der Waals surface area (Å²) in [6.07, 6.45) is 17.1. The molecule has 3 saturated carbocycles.